The number of aromatic carboxylic acids is 1. The number of hydrogen-bond acceptors (Lipinski definition) is 3. The molecule has 0 bridgehead atoms. The first-order chi connectivity index (χ1) is 9.15. The van der Waals surface area contributed by atoms with Gasteiger partial charge in [-0.05, 0) is 45.1 Å². The number of carboxylic acid groups (broad SMARTS) is 1. The molecule has 1 saturated heterocycles. The van der Waals surface area contributed by atoms with Crippen LogP contribution in [0, 0.1) is 0 Å². The molecule has 0 unspecified atom stereocenters. The van der Waals surface area contributed by atoms with Crippen LogP contribution in [-0.4, -0.2) is 45.7 Å². The minimum atomic E-state index is -0.929. The standard InChI is InChI=1S/C14H17N3O2/c1-16-5-3-12(4-6-16)17-7-2-10-8-11(14(18)19)9-15-13(10)17/h2,7-9,12H,3-6H2,1H3,(H,18,19). The summed E-state index contributed by atoms with van der Waals surface area (Å²) in [5.41, 5.74) is 1.13. The molecule has 1 fully saturated rings. The number of carbonyl (C=O) groups is 1. The Balaban J connectivity index is 1.95. The smallest absolute Gasteiger partial charge is 0.337 e. The molecule has 2 aromatic heterocycles. The summed E-state index contributed by atoms with van der Waals surface area (Å²) in [5, 5.41) is 9.88. The highest BCUT2D eigenvalue weighted by molar-refractivity contribution is 5.91. The van der Waals surface area contributed by atoms with Crippen LogP contribution in [0.15, 0.2) is 24.5 Å². The molecule has 1 N–H and O–H groups in total. The Bertz CT molecular complexity index is 612. The fourth-order valence-corrected chi connectivity index (χ4v) is 2.73. The maximum absolute atomic E-state index is 10.9. The van der Waals surface area contributed by atoms with E-state index < -0.39 is 5.97 Å². The van der Waals surface area contributed by atoms with E-state index in [0.717, 1.165) is 37.0 Å². The predicted octanol–water partition coefficient (Wildman–Crippen LogP) is 2.00. The predicted molar refractivity (Wildman–Crippen MR) is 72.5 cm³/mol. The van der Waals surface area contributed by atoms with E-state index in [9.17, 15) is 4.79 Å². The molecule has 1 aliphatic rings. The zero-order chi connectivity index (χ0) is 13.4. The summed E-state index contributed by atoms with van der Waals surface area (Å²) in [6.45, 7) is 2.19. The summed E-state index contributed by atoms with van der Waals surface area (Å²) in [6, 6.07) is 4.11. The summed E-state index contributed by atoms with van der Waals surface area (Å²) < 4.78 is 2.19. The quantitative estimate of drug-likeness (QED) is 0.896. The molecule has 1 aliphatic heterocycles. The van der Waals surface area contributed by atoms with Crippen LogP contribution in [0.25, 0.3) is 11.0 Å². The van der Waals surface area contributed by atoms with Gasteiger partial charge >= 0.3 is 5.97 Å². The van der Waals surface area contributed by atoms with Crippen molar-refractivity contribution in [2.45, 2.75) is 18.9 Å². The topological polar surface area (TPSA) is 58.4 Å². The van der Waals surface area contributed by atoms with Gasteiger partial charge in [0.05, 0.1) is 5.56 Å². The summed E-state index contributed by atoms with van der Waals surface area (Å²) in [4.78, 5) is 17.6. The molecule has 19 heavy (non-hydrogen) atoms. The van der Waals surface area contributed by atoms with Crippen LogP contribution in [0.2, 0.25) is 0 Å². The van der Waals surface area contributed by atoms with E-state index in [4.69, 9.17) is 5.11 Å². The van der Waals surface area contributed by atoms with E-state index in [1.807, 2.05) is 12.3 Å². The number of hydrogen-bond donors (Lipinski definition) is 1. The minimum absolute atomic E-state index is 0.244. The van der Waals surface area contributed by atoms with Gasteiger partial charge < -0.3 is 14.6 Å². The van der Waals surface area contributed by atoms with Crippen molar-refractivity contribution in [2.75, 3.05) is 20.1 Å². The Hall–Kier alpha value is -1.88. The lowest BCUT2D eigenvalue weighted by molar-refractivity contribution is 0.0696. The lowest BCUT2D eigenvalue weighted by atomic mass is 10.1. The average Bonchev–Trinajstić information content (AvgIpc) is 2.82. The lowest BCUT2D eigenvalue weighted by Gasteiger charge is -2.30. The average molecular weight is 259 g/mol. The summed E-state index contributed by atoms with van der Waals surface area (Å²) in [7, 11) is 2.14. The first kappa shape index (κ1) is 12.2. The number of fused-ring (bicyclic) bond motifs is 1. The first-order valence-corrected chi connectivity index (χ1v) is 6.53. The van der Waals surface area contributed by atoms with E-state index in [-0.39, 0.29) is 5.56 Å². The van der Waals surface area contributed by atoms with Crippen molar-refractivity contribution in [3.8, 4) is 0 Å². The lowest BCUT2D eigenvalue weighted by Crippen LogP contribution is -2.31. The molecule has 3 heterocycles. The molecule has 3 rings (SSSR count). The largest absolute Gasteiger partial charge is 0.478 e. The molecule has 0 atom stereocenters. The van der Waals surface area contributed by atoms with Crippen molar-refractivity contribution in [2.24, 2.45) is 0 Å². The van der Waals surface area contributed by atoms with Crippen LogP contribution in [0.5, 0.6) is 0 Å². The van der Waals surface area contributed by atoms with Crippen LogP contribution in [0.4, 0.5) is 0 Å². The van der Waals surface area contributed by atoms with Gasteiger partial charge in [0, 0.05) is 23.8 Å². The molecular formula is C14H17N3O2. The molecule has 0 spiro atoms. The number of carboxylic acids is 1. The van der Waals surface area contributed by atoms with Gasteiger partial charge in [-0.15, -0.1) is 0 Å². The van der Waals surface area contributed by atoms with Crippen molar-refractivity contribution >= 4 is 17.0 Å². The van der Waals surface area contributed by atoms with E-state index in [2.05, 4.69) is 21.5 Å². The zero-order valence-corrected chi connectivity index (χ0v) is 10.9. The van der Waals surface area contributed by atoms with E-state index in [0.29, 0.717) is 6.04 Å². The highest BCUT2D eigenvalue weighted by Crippen LogP contribution is 2.26. The Morgan fingerprint density at radius 2 is 2.16 bits per heavy atom. The van der Waals surface area contributed by atoms with Gasteiger partial charge in [-0.25, -0.2) is 9.78 Å². The summed E-state index contributed by atoms with van der Waals surface area (Å²) >= 11 is 0. The van der Waals surface area contributed by atoms with Gasteiger partial charge in [0.1, 0.15) is 5.65 Å². The Morgan fingerprint density at radius 3 is 2.84 bits per heavy atom. The van der Waals surface area contributed by atoms with Gasteiger partial charge in [-0.1, -0.05) is 0 Å². The van der Waals surface area contributed by atoms with Gasteiger partial charge in [-0.2, -0.15) is 0 Å². The van der Waals surface area contributed by atoms with Gasteiger partial charge in [-0.3, -0.25) is 0 Å². The van der Waals surface area contributed by atoms with Crippen molar-refractivity contribution in [3.05, 3.63) is 30.1 Å². The fourth-order valence-electron chi connectivity index (χ4n) is 2.73. The molecule has 5 heteroatoms. The number of piperidine rings is 1. The Kier molecular flexibility index (Phi) is 2.98. The fraction of sp³-hybridized carbons (Fsp3) is 0.429. The Morgan fingerprint density at radius 1 is 1.42 bits per heavy atom. The van der Waals surface area contributed by atoms with Crippen molar-refractivity contribution < 1.29 is 9.90 Å². The zero-order valence-electron chi connectivity index (χ0n) is 10.9. The monoisotopic (exact) mass is 259 g/mol. The molecule has 0 radical (unpaired) electrons. The molecule has 0 saturated carbocycles. The number of rotatable bonds is 2. The Labute approximate surface area is 111 Å². The van der Waals surface area contributed by atoms with E-state index in [1.54, 1.807) is 6.07 Å². The second-order valence-electron chi connectivity index (χ2n) is 5.20. The maximum atomic E-state index is 10.9. The van der Waals surface area contributed by atoms with Crippen molar-refractivity contribution in [1.82, 2.24) is 14.5 Å². The van der Waals surface area contributed by atoms with E-state index >= 15 is 0 Å². The first-order valence-electron chi connectivity index (χ1n) is 6.53. The maximum Gasteiger partial charge on any atom is 0.337 e. The molecule has 2 aromatic rings. The van der Waals surface area contributed by atoms with Gasteiger partial charge in [0.15, 0.2) is 0 Å². The second kappa shape index (κ2) is 4.66. The second-order valence-corrected chi connectivity index (χ2v) is 5.20. The van der Waals surface area contributed by atoms with Crippen LogP contribution in [0.1, 0.15) is 29.2 Å². The van der Waals surface area contributed by atoms with Crippen molar-refractivity contribution in [1.29, 1.82) is 0 Å². The van der Waals surface area contributed by atoms with Gasteiger partial charge in [0.2, 0.25) is 0 Å². The number of nitrogens with zero attached hydrogens (tertiary/aromatic N) is 3. The third-order valence-electron chi connectivity index (χ3n) is 3.88. The molecular weight excluding hydrogens is 242 g/mol. The van der Waals surface area contributed by atoms with Crippen LogP contribution < -0.4 is 0 Å². The summed E-state index contributed by atoms with van der Waals surface area (Å²) in [5.74, 6) is -0.929. The number of pyridine rings is 1. The summed E-state index contributed by atoms with van der Waals surface area (Å²) in [6.07, 6.45) is 5.70. The number of likely N-dealkylation sites (tertiary alicyclic amines) is 1. The SMILES string of the molecule is CN1CCC(n2ccc3cc(C(=O)O)cnc32)CC1. The molecule has 0 aliphatic carbocycles. The third-order valence-corrected chi connectivity index (χ3v) is 3.88. The molecule has 0 amide bonds. The van der Waals surface area contributed by atoms with E-state index in [1.165, 1.54) is 6.20 Å². The highest BCUT2D eigenvalue weighted by atomic mass is 16.4. The van der Waals surface area contributed by atoms with Crippen molar-refractivity contribution in [3.63, 3.8) is 0 Å². The molecule has 5 nitrogen and oxygen atoms in total. The normalized spacial score (nSPS) is 17.9. The minimum Gasteiger partial charge on any atom is -0.478 e. The van der Waals surface area contributed by atoms with Crippen LogP contribution in [-0.2, 0) is 0 Å². The van der Waals surface area contributed by atoms with Gasteiger partial charge in [0.25, 0.3) is 0 Å². The third kappa shape index (κ3) is 2.21. The number of aromatic nitrogens is 2. The molecule has 100 valence electrons. The van der Waals surface area contributed by atoms with Crippen LogP contribution in [0.3, 0.4) is 0 Å². The highest BCUT2D eigenvalue weighted by Gasteiger charge is 2.20. The van der Waals surface area contributed by atoms with Crippen LogP contribution >= 0.6 is 0 Å². The molecule has 0 aromatic carbocycles.